The Bertz CT molecular complexity index is 704. The van der Waals surface area contributed by atoms with Gasteiger partial charge in [-0.15, -0.1) is 0 Å². The maximum Gasteiger partial charge on any atom is 0.0702 e. The SMILES string of the molecule is CC.CN1/C=C\CP/C=C(c2cnc3ccccc3c2)/C=N\1. The molecule has 0 aliphatic carbocycles. The van der Waals surface area contributed by atoms with Crippen molar-refractivity contribution in [3.8, 4) is 0 Å². The Kier molecular flexibility index (Phi) is 6.29. The first-order valence-electron chi connectivity index (χ1n) is 7.55. The number of hydrogen-bond acceptors (Lipinski definition) is 3. The second-order valence-corrected chi connectivity index (χ2v) is 5.73. The molecular weight excluding hydrogens is 289 g/mol. The smallest absolute Gasteiger partial charge is 0.0702 e. The third kappa shape index (κ3) is 4.25. The van der Waals surface area contributed by atoms with E-state index in [1.54, 1.807) is 0 Å². The number of para-hydroxylation sites is 1. The number of pyridine rings is 1. The molecule has 114 valence electrons. The van der Waals surface area contributed by atoms with Crippen molar-refractivity contribution in [2.75, 3.05) is 13.2 Å². The summed E-state index contributed by atoms with van der Waals surface area (Å²) in [5.74, 6) is 2.25. The molecule has 0 saturated carbocycles. The topological polar surface area (TPSA) is 28.5 Å². The number of aromatic nitrogens is 1. The first kappa shape index (κ1) is 16.4. The van der Waals surface area contributed by atoms with E-state index in [1.807, 2.05) is 62.7 Å². The third-order valence-electron chi connectivity index (χ3n) is 3.12. The molecule has 0 fully saturated rings. The molecule has 1 aromatic heterocycles. The van der Waals surface area contributed by atoms with Crippen molar-refractivity contribution in [1.82, 2.24) is 9.99 Å². The van der Waals surface area contributed by atoms with Crippen LogP contribution in [0.1, 0.15) is 19.4 Å². The fourth-order valence-electron chi connectivity index (χ4n) is 2.06. The highest BCUT2D eigenvalue weighted by atomic mass is 31.1. The molecule has 1 aliphatic rings. The van der Waals surface area contributed by atoms with E-state index in [2.05, 4.69) is 34.1 Å². The lowest BCUT2D eigenvalue weighted by Gasteiger charge is -2.06. The van der Waals surface area contributed by atoms with Crippen LogP contribution in [0.2, 0.25) is 0 Å². The van der Waals surface area contributed by atoms with E-state index in [9.17, 15) is 0 Å². The lowest BCUT2D eigenvalue weighted by atomic mass is 10.1. The molecule has 4 heteroatoms. The minimum Gasteiger partial charge on any atom is -0.276 e. The molecule has 0 saturated heterocycles. The van der Waals surface area contributed by atoms with Crippen LogP contribution in [0.4, 0.5) is 0 Å². The van der Waals surface area contributed by atoms with Gasteiger partial charge in [-0.05, 0) is 18.3 Å². The molecule has 3 rings (SSSR count). The van der Waals surface area contributed by atoms with Crippen molar-refractivity contribution in [2.24, 2.45) is 5.10 Å². The number of fused-ring (bicyclic) bond motifs is 1. The molecule has 1 unspecified atom stereocenters. The van der Waals surface area contributed by atoms with E-state index in [-0.39, 0.29) is 0 Å². The van der Waals surface area contributed by atoms with Gasteiger partial charge in [0, 0.05) is 36.0 Å². The molecule has 1 atom stereocenters. The number of nitrogens with zero attached hydrogens (tertiary/aromatic N) is 3. The standard InChI is InChI=1S/C16H16N3P.C2H6/c1-19-7-4-8-20-12-15(11-18-19)14-9-13-5-2-3-6-16(13)17-10-14;1-2/h2-7,9-12,20H,8H2,1H3;1-2H3/b7-4-,15-12-,18-11-;. The molecule has 22 heavy (non-hydrogen) atoms. The quantitative estimate of drug-likeness (QED) is 0.713. The van der Waals surface area contributed by atoms with Crippen molar-refractivity contribution in [1.29, 1.82) is 0 Å². The summed E-state index contributed by atoms with van der Waals surface area (Å²) in [6.07, 6.45) is 9.04. The van der Waals surface area contributed by atoms with Crippen molar-refractivity contribution in [3.05, 3.63) is 60.2 Å². The summed E-state index contributed by atoms with van der Waals surface area (Å²) in [5, 5.41) is 7.40. The van der Waals surface area contributed by atoms with Gasteiger partial charge in [-0.3, -0.25) is 9.99 Å². The molecule has 2 heterocycles. The van der Waals surface area contributed by atoms with Gasteiger partial charge in [-0.2, -0.15) is 5.10 Å². The van der Waals surface area contributed by atoms with E-state index in [1.165, 1.54) is 0 Å². The van der Waals surface area contributed by atoms with Crippen LogP contribution in [0, 0.1) is 0 Å². The van der Waals surface area contributed by atoms with E-state index < -0.39 is 0 Å². The van der Waals surface area contributed by atoms with Gasteiger partial charge in [-0.25, -0.2) is 0 Å². The van der Waals surface area contributed by atoms with Crippen molar-refractivity contribution >= 4 is 31.3 Å². The lowest BCUT2D eigenvalue weighted by molar-refractivity contribution is 0.493. The summed E-state index contributed by atoms with van der Waals surface area (Å²) in [6, 6.07) is 10.4. The average Bonchev–Trinajstić information content (AvgIpc) is 2.68. The van der Waals surface area contributed by atoms with E-state index in [0.717, 1.165) is 36.8 Å². The number of hydrazone groups is 1. The van der Waals surface area contributed by atoms with Crippen molar-refractivity contribution in [3.63, 3.8) is 0 Å². The second kappa shape index (κ2) is 8.45. The molecular formula is C18H22N3P. The molecule has 0 amide bonds. The average molecular weight is 311 g/mol. The molecule has 1 aromatic carbocycles. The lowest BCUT2D eigenvalue weighted by Crippen LogP contribution is -2.01. The van der Waals surface area contributed by atoms with Crippen LogP contribution in [0.5, 0.6) is 0 Å². The Balaban J connectivity index is 0.000000847. The maximum absolute atomic E-state index is 4.52. The molecule has 0 spiro atoms. The highest BCUT2D eigenvalue weighted by Gasteiger charge is 2.03. The van der Waals surface area contributed by atoms with E-state index >= 15 is 0 Å². The monoisotopic (exact) mass is 311 g/mol. The maximum atomic E-state index is 4.52. The van der Waals surface area contributed by atoms with Gasteiger partial charge in [0.15, 0.2) is 0 Å². The summed E-state index contributed by atoms with van der Waals surface area (Å²) in [5.41, 5.74) is 3.28. The third-order valence-corrected chi connectivity index (χ3v) is 4.10. The van der Waals surface area contributed by atoms with Crippen molar-refractivity contribution in [2.45, 2.75) is 13.8 Å². The zero-order valence-corrected chi connectivity index (χ0v) is 14.3. The van der Waals surface area contributed by atoms with E-state index in [0.29, 0.717) is 0 Å². The van der Waals surface area contributed by atoms with Crippen LogP contribution in [0.25, 0.3) is 16.5 Å². The Morgan fingerprint density at radius 3 is 2.86 bits per heavy atom. The van der Waals surface area contributed by atoms with Gasteiger partial charge in [0.05, 0.1) is 11.7 Å². The first-order valence-corrected chi connectivity index (χ1v) is 8.83. The highest BCUT2D eigenvalue weighted by Crippen LogP contribution is 2.24. The van der Waals surface area contributed by atoms with Gasteiger partial charge in [0.1, 0.15) is 0 Å². The summed E-state index contributed by atoms with van der Waals surface area (Å²) < 4.78 is 0. The summed E-state index contributed by atoms with van der Waals surface area (Å²) in [7, 11) is 2.71. The van der Waals surface area contributed by atoms with Gasteiger partial charge in [0.2, 0.25) is 0 Å². The van der Waals surface area contributed by atoms with Gasteiger partial charge >= 0.3 is 0 Å². The van der Waals surface area contributed by atoms with Crippen LogP contribution in [0.15, 0.2) is 59.7 Å². The number of rotatable bonds is 1. The zero-order valence-electron chi connectivity index (χ0n) is 13.3. The van der Waals surface area contributed by atoms with Gasteiger partial charge < -0.3 is 0 Å². The predicted octanol–water partition coefficient (Wildman–Crippen LogP) is 4.73. The fourth-order valence-corrected chi connectivity index (χ4v) is 2.88. The molecule has 2 aromatic rings. The minimum atomic E-state index is 0.764. The molecule has 0 N–H and O–H groups in total. The summed E-state index contributed by atoms with van der Waals surface area (Å²) >= 11 is 0. The summed E-state index contributed by atoms with van der Waals surface area (Å²) in [6.45, 7) is 4.00. The molecule has 0 radical (unpaired) electrons. The Labute approximate surface area is 134 Å². The fraction of sp³-hybridized carbons (Fsp3) is 0.222. The number of benzene rings is 1. The van der Waals surface area contributed by atoms with Crippen LogP contribution >= 0.6 is 8.58 Å². The highest BCUT2D eigenvalue weighted by molar-refractivity contribution is 7.42. The zero-order chi connectivity index (χ0) is 15.8. The number of allylic oxidation sites excluding steroid dienone is 2. The van der Waals surface area contributed by atoms with Crippen LogP contribution < -0.4 is 0 Å². The van der Waals surface area contributed by atoms with Gasteiger partial charge in [-0.1, -0.05) is 52.5 Å². The minimum absolute atomic E-state index is 0.764. The first-order chi connectivity index (χ1) is 10.8. The van der Waals surface area contributed by atoms with E-state index in [4.69, 9.17) is 0 Å². The number of hydrogen-bond donors (Lipinski definition) is 0. The second-order valence-electron chi connectivity index (χ2n) is 4.63. The Hall–Kier alpha value is -1.99. The van der Waals surface area contributed by atoms with Crippen LogP contribution in [0.3, 0.4) is 0 Å². The van der Waals surface area contributed by atoms with Crippen molar-refractivity contribution < 1.29 is 0 Å². The largest absolute Gasteiger partial charge is 0.276 e. The van der Waals surface area contributed by atoms with Crippen LogP contribution in [-0.4, -0.2) is 29.4 Å². The Morgan fingerprint density at radius 1 is 1.18 bits per heavy atom. The van der Waals surface area contributed by atoms with Gasteiger partial charge in [0.25, 0.3) is 0 Å². The molecule has 0 bridgehead atoms. The predicted molar refractivity (Wildman–Crippen MR) is 99.6 cm³/mol. The molecule has 3 nitrogen and oxygen atoms in total. The molecule has 1 aliphatic heterocycles. The Morgan fingerprint density at radius 2 is 2.00 bits per heavy atom. The normalized spacial score (nSPS) is 20.9. The summed E-state index contributed by atoms with van der Waals surface area (Å²) in [4.78, 5) is 4.52. The van der Waals surface area contributed by atoms with Crippen LogP contribution in [-0.2, 0) is 0 Å².